The highest BCUT2D eigenvalue weighted by Crippen LogP contribution is 2.18. The Morgan fingerprint density at radius 1 is 1.37 bits per heavy atom. The molecule has 1 heterocycles. The van der Waals surface area contributed by atoms with Crippen LogP contribution in [0.2, 0.25) is 0 Å². The Hall–Kier alpha value is -1.55. The topological polar surface area (TPSA) is 50.4 Å². The van der Waals surface area contributed by atoms with Crippen molar-refractivity contribution in [3.8, 4) is 5.75 Å². The Morgan fingerprint density at radius 2 is 2.11 bits per heavy atom. The van der Waals surface area contributed by atoms with E-state index >= 15 is 0 Å². The van der Waals surface area contributed by atoms with Gasteiger partial charge in [-0.2, -0.15) is 0 Å². The van der Waals surface area contributed by atoms with Gasteiger partial charge in [-0.15, -0.1) is 0 Å². The smallest absolute Gasteiger partial charge is 0.255 e. The number of hydrogen-bond acceptors (Lipinski definition) is 3. The number of benzene rings is 1. The Labute approximate surface area is 114 Å². The zero-order valence-corrected chi connectivity index (χ0v) is 11.4. The first-order chi connectivity index (χ1) is 9.31. The van der Waals surface area contributed by atoms with Crippen LogP contribution < -0.4 is 15.4 Å². The number of hydrogen-bond donors (Lipinski definition) is 2. The molecule has 1 amide bonds. The Balaban J connectivity index is 1.91. The molecule has 1 aliphatic heterocycles. The van der Waals surface area contributed by atoms with E-state index in [2.05, 4.69) is 10.6 Å². The van der Waals surface area contributed by atoms with Crippen molar-refractivity contribution in [2.45, 2.75) is 19.8 Å². The number of carbonyl (C=O) groups excluding carboxylic acids is 1. The lowest BCUT2D eigenvalue weighted by Gasteiger charge is -2.22. The van der Waals surface area contributed by atoms with Crippen LogP contribution in [0.3, 0.4) is 0 Å². The maximum Gasteiger partial charge on any atom is 0.255 e. The summed E-state index contributed by atoms with van der Waals surface area (Å²) in [5, 5.41) is 6.35. The van der Waals surface area contributed by atoms with E-state index in [9.17, 15) is 4.79 Å². The maximum atomic E-state index is 12.2. The monoisotopic (exact) mass is 262 g/mol. The lowest BCUT2D eigenvalue weighted by atomic mass is 9.98. The molecule has 1 saturated heterocycles. The van der Waals surface area contributed by atoms with Gasteiger partial charge in [-0.05, 0) is 50.9 Å². The first-order valence-corrected chi connectivity index (χ1v) is 7.02. The number of amides is 1. The van der Waals surface area contributed by atoms with Crippen LogP contribution in [-0.4, -0.2) is 32.1 Å². The first-order valence-electron chi connectivity index (χ1n) is 7.02. The molecule has 0 aliphatic carbocycles. The quantitative estimate of drug-likeness (QED) is 0.851. The minimum atomic E-state index is -0.0393. The van der Waals surface area contributed by atoms with Gasteiger partial charge in [-0.3, -0.25) is 4.79 Å². The van der Waals surface area contributed by atoms with Crippen LogP contribution in [0.1, 0.15) is 30.1 Å². The third-order valence-corrected chi connectivity index (χ3v) is 3.44. The number of carbonyl (C=O) groups is 1. The average Bonchev–Trinajstić information content (AvgIpc) is 2.47. The molecule has 19 heavy (non-hydrogen) atoms. The summed E-state index contributed by atoms with van der Waals surface area (Å²) < 4.78 is 5.48. The molecule has 0 saturated carbocycles. The Bertz CT molecular complexity index is 414. The highest BCUT2D eigenvalue weighted by molar-refractivity contribution is 5.96. The van der Waals surface area contributed by atoms with Crippen LogP contribution in [-0.2, 0) is 0 Å². The third kappa shape index (κ3) is 3.96. The Kier molecular flexibility index (Phi) is 5.21. The Morgan fingerprint density at radius 3 is 2.84 bits per heavy atom. The molecule has 0 bridgehead atoms. The molecule has 2 N–H and O–H groups in total. The molecule has 0 atom stereocenters. The maximum absolute atomic E-state index is 12.2. The van der Waals surface area contributed by atoms with E-state index in [1.807, 2.05) is 31.2 Å². The van der Waals surface area contributed by atoms with Crippen molar-refractivity contribution in [2.75, 3.05) is 26.2 Å². The van der Waals surface area contributed by atoms with E-state index in [1.165, 1.54) is 0 Å². The van der Waals surface area contributed by atoms with Crippen molar-refractivity contribution in [1.82, 2.24) is 10.6 Å². The van der Waals surface area contributed by atoms with Gasteiger partial charge in [0, 0.05) is 6.54 Å². The minimum absolute atomic E-state index is 0.0393. The van der Waals surface area contributed by atoms with Gasteiger partial charge in [0.2, 0.25) is 0 Å². The van der Waals surface area contributed by atoms with Crippen molar-refractivity contribution in [3.63, 3.8) is 0 Å². The summed E-state index contributed by atoms with van der Waals surface area (Å²) >= 11 is 0. The summed E-state index contributed by atoms with van der Waals surface area (Å²) in [4.78, 5) is 12.2. The summed E-state index contributed by atoms with van der Waals surface area (Å²) in [6.45, 7) is 5.34. The van der Waals surface area contributed by atoms with Gasteiger partial charge in [0.15, 0.2) is 0 Å². The second-order valence-electron chi connectivity index (χ2n) is 4.83. The van der Waals surface area contributed by atoms with E-state index in [0.29, 0.717) is 23.8 Å². The minimum Gasteiger partial charge on any atom is -0.493 e. The number of piperidine rings is 1. The first kappa shape index (κ1) is 13.9. The number of ether oxygens (including phenoxy) is 1. The molecule has 0 radical (unpaired) electrons. The van der Waals surface area contributed by atoms with E-state index in [4.69, 9.17) is 4.74 Å². The van der Waals surface area contributed by atoms with E-state index in [0.717, 1.165) is 32.5 Å². The highest BCUT2D eigenvalue weighted by Gasteiger charge is 2.16. The molecule has 4 heteroatoms. The molecule has 1 fully saturated rings. The van der Waals surface area contributed by atoms with Gasteiger partial charge in [-0.25, -0.2) is 0 Å². The predicted molar refractivity (Wildman–Crippen MR) is 75.5 cm³/mol. The van der Waals surface area contributed by atoms with Gasteiger partial charge >= 0.3 is 0 Å². The van der Waals surface area contributed by atoms with Crippen molar-refractivity contribution >= 4 is 5.91 Å². The molecule has 2 rings (SSSR count). The highest BCUT2D eigenvalue weighted by atomic mass is 16.5. The van der Waals surface area contributed by atoms with Gasteiger partial charge < -0.3 is 15.4 Å². The second kappa shape index (κ2) is 7.14. The van der Waals surface area contributed by atoms with Crippen LogP contribution >= 0.6 is 0 Å². The molecule has 1 aliphatic rings. The predicted octanol–water partition coefficient (Wildman–Crippen LogP) is 1.81. The number of nitrogens with one attached hydrogen (secondary N) is 2. The lowest BCUT2D eigenvalue weighted by Crippen LogP contribution is -2.36. The molecule has 4 nitrogen and oxygen atoms in total. The molecule has 0 unspecified atom stereocenters. The molecule has 0 spiro atoms. The van der Waals surface area contributed by atoms with Crippen molar-refractivity contribution in [3.05, 3.63) is 29.8 Å². The van der Waals surface area contributed by atoms with Crippen molar-refractivity contribution < 1.29 is 9.53 Å². The van der Waals surface area contributed by atoms with Crippen LogP contribution in [0.4, 0.5) is 0 Å². The normalized spacial score (nSPS) is 16.1. The number of rotatable bonds is 5. The van der Waals surface area contributed by atoms with E-state index in [-0.39, 0.29) is 5.91 Å². The van der Waals surface area contributed by atoms with E-state index < -0.39 is 0 Å². The molecule has 0 aromatic heterocycles. The van der Waals surface area contributed by atoms with Crippen LogP contribution in [0.5, 0.6) is 5.75 Å². The van der Waals surface area contributed by atoms with Crippen LogP contribution in [0.25, 0.3) is 0 Å². The molecular weight excluding hydrogens is 240 g/mol. The lowest BCUT2D eigenvalue weighted by molar-refractivity contribution is 0.0940. The largest absolute Gasteiger partial charge is 0.493 e. The van der Waals surface area contributed by atoms with Gasteiger partial charge in [0.05, 0.1) is 12.2 Å². The summed E-state index contributed by atoms with van der Waals surface area (Å²) in [6, 6.07) is 7.39. The third-order valence-electron chi connectivity index (χ3n) is 3.44. The van der Waals surface area contributed by atoms with Crippen LogP contribution in [0, 0.1) is 5.92 Å². The molecule has 1 aromatic carbocycles. The summed E-state index contributed by atoms with van der Waals surface area (Å²) in [5.74, 6) is 1.21. The summed E-state index contributed by atoms with van der Waals surface area (Å²) in [5.41, 5.74) is 0.623. The zero-order valence-electron chi connectivity index (χ0n) is 11.4. The fourth-order valence-electron chi connectivity index (χ4n) is 2.35. The average molecular weight is 262 g/mol. The van der Waals surface area contributed by atoms with Crippen LogP contribution in [0.15, 0.2) is 24.3 Å². The molecular formula is C15H22N2O2. The fraction of sp³-hybridized carbons (Fsp3) is 0.533. The fourth-order valence-corrected chi connectivity index (χ4v) is 2.35. The van der Waals surface area contributed by atoms with Crippen molar-refractivity contribution in [2.24, 2.45) is 5.92 Å². The van der Waals surface area contributed by atoms with Gasteiger partial charge in [0.25, 0.3) is 5.91 Å². The molecule has 104 valence electrons. The van der Waals surface area contributed by atoms with Gasteiger partial charge in [0.1, 0.15) is 5.75 Å². The zero-order chi connectivity index (χ0) is 13.5. The SMILES string of the molecule is CCOc1ccccc1C(=O)NCC1CCNCC1. The van der Waals surface area contributed by atoms with E-state index in [1.54, 1.807) is 0 Å². The van der Waals surface area contributed by atoms with Crippen molar-refractivity contribution in [1.29, 1.82) is 0 Å². The summed E-state index contributed by atoms with van der Waals surface area (Å²) in [6.07, 6.45) is 2.26. The number of para-hydroxylation sites is 1. The standard InChI is InChI=1S/C15H22N2O2/c1-2-19-14-6-4-3-5-13(14)15(18)17-11-12-7-9-16-10-8-12/h3-6,12,16H,2,7-11H2,1H3,(H,17,18). The van der Waals surface area contributed by atoms with Gasteiger partial charge in [-0.1, -0.05) is 12.1 Å². The summed E-state index contributed by atoms with van der Waals surface area (Å²) in [7, 11) is 0. The second-order valence-corrected chi connectivity index (χ2v) is 4.83. The molecule has 1 aromatic rings.